The first-order valence-corrected chi connectivity index (χ1v) is 12.2. The summed E-state index contributed by atoms with van der Waals surface area (Å²) in [6, 6.07) is 16.0. The van der Waals surface area contributed by atoms with Crippen molar-refractivity contribution in [3.63, 3.8) is 0 Å². The summed E-state index contributed by atoms with van der Waals surface area (Å²) in [6.45, 7) is 7.00. The standard InChI is InChI=1S/C27H35N3O3/c1-29-13-11-27(19-29)20-30(18-21-9-14-32-15-10-21)25-8-7-22(17-24(25)27)26(31)28-12-16-33-23-5-3-2-4-6-23/h2-8,17,21H,9-16,18-20H2,1H3,(H,28,31). The largest absolute Gasteiger partial charge is 0.492 e. The van der Waals surface area contributed by atoms with Gasteiger partial charge < -0.3 is 24.6 Å². The Hall–Kier alpha value is -2.57. The van der Waals surface area contributed by atoms with Crippen molar-refractivity contribution in [2.75, 3.05) is 64.5 Å². The molecule has 1 atom stereocenters. The Morgan fingerprint density at radius 1 is 1.15 bits per heavy atom. The molecule has 0 aromatic heterocycles. The van der Waals surface area contributed by atoms with Crippen molar-refractivity contribution < 1.29 is 14.3 Å². The van der Waals surface area contributed by atoms with E-state index in [1.54, 1.807) is 0 Å². The van der Waals surface area contributed by atoms with Gasteiger partial charge in [-0.3, -0.25) is 4.79 Å². The number of fused-ring (bicyclic) bond motifs is 2. The number of benzene rings is 2. The van der Waals surface area contributed by atoms with Crippen molar-refractivity contribution in [2.45, 2.75) is 24.7 Å². The zero-order chi connectivity index (χ0) is 22.7. The molecule has 5 rings (SSSR count). The predicted molar refractivity (Wildman–Crippen MR) is 130 cm³/mol. The van der Waals surface area contributed by atoms with E-state index < -0.39 is 0 Å². The van der Waals surface area contributed by atoms with Crippen molar-refractivity contribution in [3.05, 3.63) is 59.7 Å². The number of para-hydroxylation sites is 1. The fourth-order valence-corrected chi connectivity index (χ4v) is 5.70. The molecule has 2 aromatic rings. The number of hydrogen-bond acceptors (Lipinski definition) is 5. The Morgan fingerprint density at radius 2 is 1.97 bits per heavy atom. The van der Waals surface area contributed by atoms with Gasteiger partial charge in [-0.05, 0) is 74.7 Å². The van der Waals surface area contributed by atoms with E-state index in [-0.39, 0.29) is 11.3 Å². The number of likely N-dealkylation sites (N-methyl/N-ethyl adjacent to an activating group) is 1. The zero-order valence-corrected chi connectivity index (χ0v) is 19.6. The number of carbonyl (C=O) groups is 1. The summed E-state index contributed by atoms with van der Waals surface area (Å²) >= 11 is 0. The number of hydrogen-bond donors (Lipinski definition) is 1. The Bertz CT molecular complexity index is 960. The third kappa shape index (κ3) is 4.87. The van der Waals surface area contributed by atoms with Crippen LogP contribution >= 0.6 is 0 Å². The van der Waals surface area contributed by atoms with Gasteiger partial charge in [0, 0.05) is 49.5 Å². The lowest BCUT2D eigenvalue weighted by Crippen LogP contribution is -2.38. The fourth-order valence-electron chi connectivity index (χ4n) is 5.70. The molecule has 6 heteroatoms. The zero-order valence-electron chi connectivity index (χ0n) is 19.6. The molecule has 6 nitrogen and oxygen atoms in total. The molecule has 1 N–H and O–H groups in total. The lowest BCUT2D eigenvalue weighted by atomic mass is 9.81. The lowest BCUT2D eigenvalue weighted by molar-refractivity contribution is 0.0681. The summed E-state index contributed by atoms with van der Waals surface area (Å²) in [5, 5.41) is 3.02. The minimum Gasteiger partial charge on any atom is -0.492 e. The van der Waals surface area contributed by atoms with Crippen LogP contribution in [0.15, 0.2) is 48.5 Å². The number of anilines is 1. The molecule has 2 saturated heterocycles. The Morgan fingerprint density at radius 3 is 2.73 bits per heavy atom. The van der Waals surface area contributed by atoms with E-state index in [0.717, 1.165) is 70.0 Å². The summed E-state index contributed by atoms with van der Waals surface area (Å²) in [6.07, 6.45) is 3.44. The van der Waals surface area contributed by atoms with E-state index in [4.69, 9.17) is 9.47 Å². The second-order valence-electron chi connectivity index (χ2n) is 9.85. The highest BCUT2D eigenvalue weighted by Gasteiger charge is 2.46. The van der Waals surface area contributed by atoms with Crippen LogP contribution in [0, 0.1) is 5.92 Å². The number of amides is 1. The minimum absolute atomic E-state index is 0.0288. The molecule has 1 amide bonds. The highest BCUT2D eigenvalue weighted by atomic mass is 16.5. The van der Waals surface area contributed by atoms with Gasteiger partial charge in [-0.25, -0.2) is 0 Å². The molecule has 33 heavy (non-hydrogen) atoms. The Kier molecular flexibility index (Phi) is 6.56. The first-order chi connectivity index (χ1) is 16.1. The number of nitrogens with one attached hydrogen (secondary N) is 1. The Labute approximate surface area is 196 Å². The number of rotatable bonds is 7. The average molecular weight is 450 g/mol. The van der Waals surface area contributed by atoms with Crippen LogP contribution in [0.3, 0.4) is 0 Å². The van der Waals surface area contributed by atoms with Crippen LogP contribution in [0.1, 0.15) is 35.2 Å². The summed E-state index contributed by atoms with van der Waals surface area (Å²) in [5.41, 5.74) is 3.55. The van der Waals surface area contributed by atoms with Gasteiger partial charge in [-0.1, -0.05) is 18.2 Å². The molecule has 1 unspecified atom stereocenters. The molecule has 3 heterocycles. The van der Waals surface area contributed by atoms with Crippen LogP contribution in [0.2, 0.25) is 0 Å². The van der Waals surface area contributed by atoms with Gasteiger partial charge in [0.05, 0.1) is 6.54 Å². The molecule has 0 radical (unpaired) electrons. The number of likely N-dealkylation sites (tertiary alicyclic amines) is 1. The molecule has 176 valence electrons. The third-order valence-electron chi connectivity index (χ3n) is 7.43. The molecule has 0 bridgehead atoms. The van der Waals surface area contributed by atoms with E-state index in [2.05, 4.69) is 34.3 Å². The molecule has 1 spiro atoms. The maximum Gasteiger partial charge on any atom is 0.251 e. The van der Waals surface area contributed by atoms with Crippen molar-refractivity contribution in [1.29, 1.82) is 0 Å². The maximum absolute atomic E-state index is 12.9. The minimum atomic E-state index is -0.0288. The normalized spacial score (nSPS) is 23.1. The Balaban J connectivity index is 1.27. The van der Waals surface area contributed by atoms with Gasteiger partial charge in [0.25, 0.3) is 5.91 Å². The first-order valence-electron chi connectivity index (χ1n) is 12.2. The maximum atomic E-state index is 12.9. The van der Waals surface area contributed by atoms with Gasteiger partial charge in [-0.2, -0.15) is 0 Å². The van der Waals surface area contributed by atoms with Gasteiger partial charge >= 0.3 is 0 Å². The first kappa shape index (κ1) is 22.2. The predicted octanol–water partition coefficient (Wildman–Crippen LogP) is 3.32. The summed E-state index contributed by atoms with van der Waals surface area (Å²) in [7, 11) is 2.21. The number of ether oxygens (including phenoxy) is 2. The highest BCUT2D eigenvalue weighted by molar-refractivity contribution is 5.95. The van der Waals surface area contributed by atoms with Crippen molar-refractivity contribution in [3.8, 4) is 5.75 Å². The number of carbonyl (C=O) groups excluding carboxylic acids is 1. The molecule has 0 saturated carbocycles. The summed E-state index contributed by atoms with van der Waals surface area (Å²) in [5.74, 6) is 1.48. The van der Waals surface area contributed by atoms with E-state index in [1.165, 1.54) is 11.3 Å². The molecule has 0 aliphatic carbocycles. The molecule has 2 fully saturated rings. The second kappa shape index (κ2) is 9.74. The van der Waals surface area contributed by atoms with Crippen molar-refractivity contribution in [1.82, 2.24) is 10.2 Å². The van der Waals surface area contributed by atoms with Crippen molar-refractivity contribution >= 4 is 11.6 Å². The molecular formula is C27H35N3O3. The third-order valence-corrected chi connectivity index (χ3v) is 7.43. The fraction of sp³-hybridized carbons (Fsp3) is 0.519. The van der Waals surface area contributed by atoms with Crippen LogP contribution < -0.4 is 15.0 Å². The van der Waals surface area contributed by atoms with Gasteiger partial charge in [-0.15, -0.1) is 0 Å². The molecule has 2 aromatic carbocycles. The van der Waals surface area contributed by atoms with E-state index >= 15 is 0 Å². The van der Waals surface area contributed by atoms with Gasteiger partial charge in [0.2, 0.25) is 0 Å². The molecule has 3 aliphatic heterocycles. The summed E-state index contributed by atoms with van der Waals surface area (Å²) < 4.78 is 11.3. The SMILES string of the molecule is CN1CCC2(C1)CN(CC1CCOCC1)c1ccc(C(=O)NCCOc3ccccc3)cc12. The van der Waals surface area contributed by atoms with Gasteiger partial charge in [0.15, 0.2) is 0 Å². The van der Waals surface area contributed by atoms with E-state index in [9.17, 15) is 4.79 Å². The highest BCUT2D eigenvalue weighted by Crippen LogP contribution is 2.47. The van der Waals surface area contributed by atoms with Gasteiger partial charge in [0.1, 0.15) is 12.4 Å². The van der Waals surface area contributed by atoms with Crippen molar-refractivity contribution in [2.24, 2.45) is 5.92 Å². The monoisotopic (exact) mass is 449 g/mol. The van der Waals surface area contributed by atoms with Crippen LogP contribution in [0.5, 0.6) is 5.75 Å². The van der Waals surface area contributed by atoms with Crippen LogP contribution in [-0.2, 0) is 10.2 Å². The molecular weight excluding hydrogens is 414 g/mol. The van der Waals surface area contributed by atoms with Crippen LogP contribution in [-0.4, -0.2) is 70.4 Å². The quantitative estimate of drug-likeness (QED) is 0.658. The van der Waals surface area contributed by atoms with E-state index in [1.807, 2.05) is 36.4 Å². The van der Waals surface area contributed by atoms with Crippen LogP contribution in [0.4, 0.5) is 5.69 Å². The molecule has 3 aliphatic rings. The summed E-state index contributed by atoms with van der Waals surface area (Å²) in [4.78, 5) is 17.9. The van der Waals surface area contributed by atoms with Crippen LogP contribution in [0.25, 0.3) is 0 Å². The topological polar surface area (TPSA) is 54.0 Å². The average Bonchev–Trinajstić information content (AvgIpc) is 3.37. The lowest BCUT2D eigenvalue weighted by Gasteiger charge is -2.30. The smallest absolute Gasteiger partial charge is 0.251 e. The number of nitrogens with zero attached hydrogens (tertiary/aromatic N) is 2. The second-order valence-corrected chi connectivity index (χ2v) is 9.85. The van der Waals surface area contributed by atoms with E-state index in [0.29, 0.717) is 19.1 Å².